The average Bonchev–Trinajstić information content (AvgIpc) is 2.96. The lowest BCUT2D eigenvalue weighted by atomic mass is 10.1. The number of benzene rings is 1. The third kappa shape index (κ3) is 1.77. The first-order valence-electron chi connectivity index (χ1n) is 5.75. The topological polar surface area (TPSA) is 86.3 Å². The van der Waals surface area contributed by atoms with Crippen molar-refractivity contribution in [2.24, 2.45) is 0 Å². The zero-order chi connectivity index (χ0) is 13.6. The normalized spacial score (nSPS) is 13.7. The number of carbonyl (C=O) groups is 2. The third-order valence-electron chi connectivity index (χ3n) is 3.26. The van der Waals surface area contributed by atoms with Crippen LogP contribution in [0.25, 0.3) is 11.3 Å². The molecule has 0 fully saturated rings. The van der Waals surface area contributed by atoms with Crippen LogP contribution in [0.5, 0.6) is 0 Å². The molecule has 0 bridgehead atoms. The molecule has 0 saturated carbocycles. The van der Waals surface area contributed by atoms with Crippen LogP contribution >= 0.6 is 0 Å². The maximum Gasteiger partial charge on any atom is 0.353 e. The van der Waals surface area contributed by atoms with Crippen LogP contribution in [0.4, 0.5) is 5.69 Å². The van der Waals surface area contributed by atoms with Crippen LogP contribution in [0.2, 0.25) is 0 Å². The van der Waals surface area contributed by atoms with Crippen LogP contribution < -0.4 is 4.90 Å². The molecule has 1 aliphatic heterocycles. The van der Waals surface area contributed by atoms with E-state index in [0.29, 0.717) is 12.1 Å². The van der Waals surface area contributed by atoms with Gasteiger partial charge in [0.15, 0.2) is 0 Å². The van der Waals surface area contributed by atoms with E-state index in [4.69, 9.17) is 5.11 Å². The number of rotatable bonds is 2. The van der Waals surface area contributed by atoms with Crippen LogP contribution in [0.3, 0.4) is 0 Å². The fourth-order valence-electron chi connectivity index (χ4n) is 2.21. The Kier molecular flexibility index (Phi) is 2.38. The van der Waals surface area contributed by atoms with Crippen molar-refractivity contribution in [2.45, 2.75) is 6.42 Å². The summed E-state index contributed by atoms with van der Waals surface area (Å²) in [5, 5.41) is 15.3. The lowest BCUT2D eigenvalue weighted by Crippen LogP contribution is -2.20. The summed E-state index contributed by atoms with van der Waals surface area (Å²) in [5.41, 5.74) is 3.23. The van der Waals surface area contributed by atoms with E-state index < -0.39 is 5.97 Å². The second kappa shape index (κ2) is 3.94. The van der Waals surface area contributed by atoms with Gasteiger partial charge < -0.3 is 10.0 Å². The highest BCUT2D eigenvalue weighted by atomic mass is 16.4. The third-order valence-corrected chi connectivity index (χ3v) is 3.26. The van der Waals surface area contributed by atoms with Crippen LogP contribution in [0.15, 0.2) is 24.3 Å². The lowest BCUT2D eigenvalue weighted by molar-refractivity contribution is -0.117. The summed E-state index contributed by atoms with van der Waals surface area (Å²) in [7, 11) is 1.74. The fraction of sp³-hybridized carbons (Fsp3) is 0.154. The predicted octanol–water partition coefficient (Wildman–Crippen LogP) is 1.29. The first kappa shape index (κ1) is 11.5. The molecule has 2 heterocycles. The van der Waals surface area contributed by atoms with E-state index in [9.17, 15) is 9.59 Å². The molecule has 6 nitrogen and oxygen atoms in total. The molecular formula is C13H11N3O3. The number of carboxylic acids is 1. The first-order valence-corrected chi connectivity index (χ1v) is 5.75. The number of amides is 1. The largest absolute Gasteiger partial charge is 0.477 e. The number of fused-ring (bicyclic) bond motifs is 1. The molecular weight excluding hydrogens is 246 g/mol. The number of nitrogens with one attached hydrogen (secondary N) is 1. The molecule has 0 atom stereocenters. The molecule has 0 spiro atoms. The van der Waals surface area contributed by atoms with Gasteiger partial charge in [0.25, 0.3) is 0 Å². The number of nitrogens with zero attached hydrogens (tertiary/aromatic N) is 2. The first-order chi connectivity index (χ1) is 9.06. The van der Waals surface area contributed by atoms with Crippen molar-refractivity contribution >= 4 is 17.6 Å². The van der Waals surface area contributed by atoms with Gasteiger partial charge in [0.05, 0.1) is 12.1 Å². The van der Waals surface area contributed by atoms with Crippen molar-refractivity contribution in [3.8, 4) is 11.3 Å². The summed E-state index contributed by atoms with van der Waals surface area (Å²) in [5.74, 6) is -0.991. The summed E-state index contributed by atoms with van der Waals surface area (Å²) in [6, 6.07) is 7.03. The van der Waals surface area contributed by atoms with Gasteiger partial charge in [0, 0.05) is 18.3 Å². The highest BCUT2D eigenvalue weighted by molar-refractivity contribution is 6.01. The smallest absolute Gasteiger partial charge is 0.353 e. The summed E-state index contributed by atoms with van der Waals surface area (Å²) in [6.45, 7) is 0. The molecule has 0 aliphatic carbocycles. The van der Waals surface area contributed by atoms with Crippen molar-refractivity contribution in [3.63, 3.8) is 0 Å². The lowest BCUT2D eigenvalue weighted by Gasteiger charge is -2.09. The van der Waals surface area contributed by atoms with Gasteiger partial charge in [-0.3, -0.25) is 9.89 Å². The van der Waals surface area contributed by atoms with Crippen molar-refractivity contribution in [2.75, 3.05) is 11.9 Å². The van der Waals surface area contributed by atoms with Gasteiger partial charge in [0.1, 0.15) is 5.69 Å². The quantitative estimate of drug-likeness (QED) is 0.848. The second-order valence-corrected chi connectivity index (χ2v) is 4.45. The second-order valence-electron chi connectivity index (χ2n) is 4.45. The minimum atomic E-state index is -1.05. The molecule has 0 radical (unpaired) electrons. The maximum atomic E-state index is 11.6. The average molecular weight is 257 g/mol. The van der Waals surface area contributed by atoms with E-state index >= 15 is 0 Å². The summed E-state index contributed by atoms with van der Waals surface area (Å²) in [4.78, 5) is 24.0. The van der Waals surface area contributed by atoms with E-state index in [0.717, 1.165) is 16.8 Å². The molecule has 96 valence electrons. The van der Waals surface area contributed by atoms with Crippen LogP contribution in [0.1, 0.15) is 16.1 Å². The van der Waals surface area contributed by atoms with Crippen molar-refractivity contribution in [3.05, 3.63) is 35.5 Å². The molecule has 19 heavy (non-hydrogen) atoms. The Balaban J connectivity index is 2.01. The highest BCUT2D eigenvalue weighted by Crippen LogP contribution is 2.31. The molecule has 0 saturated heterocycles. The Morgan fingerprint density at radius 1 is 1.42 bits per heavy atom. The number of carboxylic acid groups (broad SMARTS) is 1. The molecule has 1 amide bonds. The molecule has 2 aromatic rings. The van der Waals surface area contributed by atoms with Gasteiger partial charge in [-0.05, 0) is 23.8 Å². The van der Waals surface area contributed by atoms with E-state index in [1.807, 2.05) is 18.2 Å². The van der Waals surface area contributed by atoms with Crippen molar-refractivity contribution in [1.29, 1.82) is 0 Å². The number of aromatic carboxylic acids is 1. The number of anilines is 1. The van der Waals surface area contributed by atoms with Gasteiger partial charge in [0.2, 0.25) is 5.91 Å². The molecule has 1 aromatic heterocycles. The number of carbonyl (C=O) groups excluding carboxylic acids is 1. The predicted molar refractivity (Wildman–Crippen MR) is 68.1 cm³/mol. The summed E-state index contributed by atoms with van der Waals surface area (Å²) in [6.07, 6.45) is 0.371. The molecule has 1 aliphatic rings. The minimum Gasteiger partial charge on any atom is -0.477 e. The minimum absolute atomic E-state index is 0.0451. The highest BCUT2D eigenvalue weighted by Gasteiger charge is 2.24. The Morgan fingerprint density at radius 2 is 2.21 bits per heavy atom. The van der Waals surface area contributed by atoms with Gasteiger partial charge in [-0.25, -0.2) is 4.79 Å². The maximum absolute atomic E-state index is 11.6. The van der Waals surface area contributed by atoms with Gasteiger partial charge in [-0.15, -0.1) is 0 Å². The monoisotopic (exact) mass is 257 g/mol. The number of hydrogen-bond acceptors (Lipinski definition) is 3. The standard InChI is InChI=1S/C13H11N3O3/c1-16-11-3-2-7(4-8(11)5-12(16)17)9-6-10(13(18)19)15-14-9/h2-4,6H,5H2,1H3,(H,14,15)(H,18,19). The number of aromatic nitrogens is 2. The van der Waals surface area contributed by atoms with Crippen molar-refractivity contribution < 1.29 is 14.7 Å². The van der Waals surface area contributed by atoms with Crippen LogP contribution in [0, 0.1) is 0 Å². The molecule has 3 rings (SSSR count). The Morgan fingerprint density at radius 3 is 2.89 bits per heavy atom. The number of hydrogen-bond donors (Lipinski definition) is 2. The zero-order valence-corrected chi connectivity index (χ0v) is 10.2. The Labute approximate surface area is 108 Å². The number of H-pyrrole nitrogens is 1. The summed E-state index contributed by atoms with van der Waals surface area (Å²) >= 11 is 0. The molecule has 2 N–H and O–H groups in total. The van der Waals surface area contributed by atoms with Crippen LogP contribution in [-0.4, -0.2) is 34.2 Å². The van der Waals surface area contributed by atoms with Gasteiger partial charge in [-0.1, -0.05) is 6.07 Å². The summed E-state index contributed by atoms with van der Waals surface area (Å²) < 4.78 is 0. The fourth-order valence-corrected chi connectivity index (χ4v) is 2.21. The van der Waals surface area contributed by atoms with Crippen LogP contribution in [-0.2, 0) is 11.2 Å². The van der Waals surface area contributed by atoms with E-state index in [2.05, 4.69) is 10.2 Å². The van der Waals surface area contributed by atoms with E-state index in [-0.39, 0.29) is 11.6 Å². The van der Waals surface area contributed by atoms with E-state index in [1.54, 1.807) is 11.9 Å². The number of aromatic amines is 1. The van der Waals surface area contributed by atoms with Crippen molar-refractivity contribution in [1.82, 2.24) is 10.2 Å². The molecule has 6 heteroatoms. The van der Waals surface area contributed by atoms with Gasteiger partial charge in [-0.2, -0.15) is 5.10 Å². The number of likely N-dealkylation sites (N-methyl/N-ethyl adjacent to an activating group) is 1. The zero-order valence-electron chi connectivity index (χ0n) is 10.2. The molecule has 1 aromatic carbocycles. The SMILES string of the molecule is CN1C(=O)Cc2cc(-c3cc(C(=O)O)[nH]n3)ccc21. The van der Waals surface area contributed by atoms with Gasteiger partial charge >= 0.3 is 5.97 Å². The molecule has 0 unspecified atom stereocenters. The Bertz CT molecular complexity index is 690. The Hall–Kier alpha value is -2.63. The van der Waals surface area contributed by atoms with E-state index in [1.165, 1.54) is 6.07 Å².